The van der Waals surface area contributed by atoms with Crippen molar-refractivity contribution in [1.29, 1.82) is 0 Å². The first kappa shape index (κ1) is 35.5. The van der Waals surface area contributed by atoms with E-state index in [2.05, 4.69) is 48.2 Å². The fourth-order valence-electron chi connectivity index (χ4n) is 2.30. The van der Waals surface area contributed by atoms with Gasteiger partial charge in [0.1, 0.15) is 5.41 Å². The molecule has 0 saturated heterocycles. The summed E-state index contributed by atoms with van der Waals surface area (Å²) in [5.41, 5.74) is -1.15. The van der Waals surface area contributed by atoms with Crippen molar-refractivity contribution in [2.45, 2.75) is 40.0 Å². The van der Waals surface area contributed by atoms with Crippen LogP contribution in [0.25, 0.3) is 0 Å². The van der Waals surface area contributed by atoms with Gasteiger partial charge in [-0.05, 0) is 18.8 Å². The Morgan fingerprint density at radius 2 is 1.41 bits per heavy atom. The van der Waals surface area contributed by atoms with E-state index in [-0.39, 0.29) is 35.5 Å². The van der Waals surface area contributed by atoms with Crippen LogP contribution in [0, 0.1) is 11.3 Å². The molecule has 4 N–H and O–H groups in total. The predicted molar refractivity (Wildman–Crippen MR) is 108 cm³/mol. The number of hydrogen-bond acceptors (Lipinski definition) is 6. The van der Waals surface area contributed by atoms with Gasteiger partial charge in [0.05, 0.1) is 6.02 Å². The zero-order valence-corrected chi connectivity index (χ0v) is 21.0. The summed E-state index contributed by atoms with van der Waals surface area (Å²) in [5.74, 6) is -1.20. The van der Waals surface area contributed by atoms with Gasteiger partial charge in [0.2, 0.25) is 5.91 Å². The quantitative estimate of drug-likeness (QED) is 0.149. The third kappa shape index (κ3) is 17.6. The number of nitrogens with zero attached hydrogens (tertiary/aromatic N) is 1. The molecule has 0 aromatic rings. The minimum atomic E-state index is -1.15. The summed E-state index contributed by atoms with van der Waals surface area (Å²) in [6.45, 7) is 5.62. The van der Waals surface area contributed by atoms with Gasteiger partial charge in [-0.15, -0.1) is 0 Å². The van der Waals surface area contributed by atoms with E-state index in [4.69, 9.17) is 29.7 Å². The third-order valence-corrected chi connectivity index (χ3v) is 3.33. The van der Waals surface area contributed by atoms with Crippen LogP contribution in [-0.4, -0.2) is 49.1 Å². The number of carboxylic acid groups (broad SMARTS) is 3. The first-order chi connectivity index (χ1) is 12.7. The average Bonchev–Trinajstić information content (AvgIpc) is 2.45. The van der Waals surface area contributed by atoms with E-state index in [0.717, 1.165) is 12.8 Å². The van der Waals surface area contributed by atoms with Crippen LogP contribution < -0.4 is 40.0 Å². The molecule has 0 radical (unpaired) electrons. The average molecular weight is 483 g/mol. The molecule has 162 valence electrons. The third-order valence-electron chi connectivity index (χ3n) is 3.33. The number of nitrogens with one attached hydrogen (secondary N) is 1. The summed E-state index contributed by atoms with van der Waals surface area (Å²) >= 11 is 8.65. The summed E-state index contributed by atoms with van der Waals surface area (Å²) in [5, 5.41) is 31.5. The normalized spacial score (nSPS) is 17.7. The van der Waals surface area contributed by atoms with Crippen molar-refractivity contribution in [2.24, 2.45) is 16.3 Å². The molecule has 0 spiro atoms. The van der Waals surface area contributed by atoms with Crippen molar-refractivity contribution in [1.82, 2.24) is 5.32 Å². The minimum absolute atomic E-state index is 0. The Kier molecular flexibility index (Phi) is 23.3. The molecule has 0 aromatic carbocycles. The Labute approximate surface area is 206 Å². The van der Waals surface area contributed by atoms with E-state index < -0.39 is 39.2 Å². The van der Waals surface area contributed by atoms with Gasteiger partial charge in [0.25, 0.3) is 5.91 Å². The van der Waals surface area contributed by atoms with E-state index in [1.165, 1.54) is 0 Å². The summed E-state index contributed by atoms with van der Waals surface area (Å²) in [6, 6.07) is -0.845. The predicted octanol–water partition coefficient (Wildman–Crippen LogP) is -1.02. The van der Waals surface area contributed by atoms with Gasteiger partial charge < -0.3 is 25.7 Å². The van der Waals surface area contributed by atoms with Gasteiger partial charge in [-0.2, -0.15) is 0 Å². The van der Waals surface area contributed by atoms with Gasteiger partial charge in [-0.1, -0.05) is 65.1 Å². The molecule has 0 fully saturated rings. The second kappa shape index (κ2) is 19.1. The van der Waals surface area contributed by atoms with Crippen LogP contribution in [0.4, 0.5) is 14.4 Å². The van der Waals surface area contributed by atoms with Gasteiger partial charge in [0, 0.05) is 0 Å². The van der Waals surface area contributed by atoms with Crippen LogP contribution in [0.5, 0.6) is 0 Å². The topological polar surface area (TPSA) is 193 Å². The van der Waals surface area contributed by atoms with Crippen LogP contribution in [0.15, 0.2) is 4.99 Å². The monoisotopic (exact) mass is 482 g/mol. The van der Waals surface area contributed by atoms with Gasteiger partial charge in [0.15, 0.2) is 0 Å². The molecule has 0 aliphatic carbocycles. The molecule has 1 rings (SSSR count). The number of carbonyl (C=O) groups excluding carboxylic acids is 2. The molecule has 0 aromatic heterocycles. The number of amidine groups is 1. The Balaban J connectivity index is -0.000000199. The van der Waals surface area contributed by atoms with E-state index in [1.54, 1.807) is 6.92 Å². The molecule has 1 aliphatic rings. The van der Waals surface area contributed by atoms with Crippen LogP contribution >= 0.6 is 37.9 Å². The van der Waals surface area contributed by atoms with Crippen molar-refractivity contribution in [3.63, 3.8) is 0 Å². The fraction of sp³-hybridized carbons (Fsp3) is 0.571. The fourth-order valence-corrected chi connectivity index (χ4v) is 2.30. The van der Waals surface area contributed by atoms with E-state index in [1.807, 2.05) is 13.8 Å². The second-order valence-electron chi connectivity index (χ2n) is 5.04. The maximum absolute atomic E-state index is 11.9. The zero-order valence-electron chi connectivity index (χ0n) is 16.3. The maximum Gasteiger partial charge on any atom is 1.00 e. The molecule has 0 bridgehead atoms. The van der Waals surface area contributed by atoms with Crippen molar-refractivity contribution >= 4 is 71.6 Å². The Bertz CT molecular complexity index is 564. The SMILES string of the molecule is CCCC(C)C1(CC)C(=O)N=C([O-])NC1=O.O=C(O)S.O=C(O)S.O=C(O)S.[Na+]. The molecule has 29 heavy (non-hydrogen) atoms. The molecule has 2 atom stereocenters. The zero-order chi connectivity index (χ0) is 23.1. The molecule has 2 amide bonds. The van der Waals surface area contributed by atoms with Crippen molar-refractivity contribution in [3.8, 4) is 0 Å². The first-order valence-electron chi connectivity index (χ1n) is 7.56. The first-order valence-corrected chi connectivity index (χ1v) is 8.90. The molecule has 1 aliphatic heterocycles. The Hall–Kier alpha value is -0.930. The number of hydrogen-bond donors (Lipinski definition) is 7. The van der Waals surface area contributed by atoms with Crippen LogP contribution in [-0.2, 0) is 9.59 Å². The van der Waals surface area contributed by atoms with Gasteiger partial charge in [-0.3, -0.25) is 9.59 Å². The van der Waals surface area contributed by atoms with Crippen molar-refractivity contribution in [2.75, 3.05) is 0 Å². The molecular formula is C14H23N2NaO9S3. The number of thiol groups is 3. The molecule has 0 saturated carbocycles. The largest absolute Gasteiger partial charge is 1.00 e. The van der Waals surface area contributed by atoms with Crippen LogP contribution in [0.2, 0.25) is 0 Å². The molecule has 15 heteroatoms. The Morgan fingerprint density at radius 1 is 1.07 bits per heavy atom. The molecule has 2 unspecified atom stereocenters. The van der Waals surface area contributed by atoms with E-state index >= 15 is 0 Å². The van der Waals surface area contributed by atoms with Crippen LogP contribution in [0.3, 0.4) is 0 Å². The summed E-state index contributed by atoms with van der Waals surface area (Å²) < 4.78 is 0. The second-order valence-corrected chi connectivity index (χ2v) is 6.19. The number of carbonyl (C=O) groups is 5. The smallest absolute Gasteiger partial charge is 0.846 e. The number of amides is 2. The molecule has 1 heterocycles. The maximum atomic E-state index is 11.9. The van der Waals surface area contributed by atoms with Crippen molar-refractivity contribution in [3.05, 3.63) is 0 Å². The summed E-state index contributed by atoms with van der Waals surface area (Å²) in [4.78, 5) is 53.7. The van der Waals surface area contributed by atoms with Gasteiger partial charge >= 0.3 is 45.5 Å². The van der Waals surface area contributed by atoms with E-state index in [9.17, 15) is 14.7 Å². The standard InChI is InChI=1S/C11H18N2O3.3CH2O2S.Na/c1-4-6-7(3)11(5-2)8(14)12-10(16)13-9(11)15;3*2-1(3)4;/h7H,4-6H2,1-3H3,(H2,12,13,14,15,16);3*4H,(H,2,3);/q;;;;+1/p-1. The van der Waals surface area contributed by atoms with Crippen LogP contribution in [0.1, 0.15) is 40.0 Å². The number of rotatable bonds is 4. The molecular weight excluding hydrogens is 459 g/mol. The van der Waals surface area contributed by atoms with Gasteiger partial charge in [-0.25, -0.2) is 19.4 Å². The van der Waals surface area contributed by atoms with Crippen molar-refractivity contribution < 1.29 is 74.0 Å². The summed E-state index contributed by atoms with van der Waals surface area (Å²) in [7, 11) is 0. The summed E-state index contributed by atoms with van der Waals surface area (Å²) in [6.07, 6.45) is 2.02. The number of aliphatic imine (C=N–C) groups is 1. The van der Waals surface area contributed by atoms with E-state index in [0.29, 0.717) is 6.42 Å². The minimum Gasteiger partial charge on any atom is -0.846 e. The Morgan fingerprint density at radius 3 is 1.66 bits per heavy atom. The molecule has 11 nitrogen and oxygen atoms in total.